The van der Waals surface area contributed by atoms with Gasteiger partial charge in [-0.05, 0) is 42.2 Å². The summed E-state index contributed by atoms with van der Waals surface area (Å²) in [5, 5.41) is 0. The normalized spacial score (nSPS) is 11.6. The van der Waals surface area contributed by atoms with Gasteiger partial charge in [0.1, 0.15) is 0 Å². The van der Waals surface area contributed by atoms with Gasteiger partial charge in [-0.2, -0.15) is 0 Å². The molecule has 0 heterocycles. The fourth-order valence-corrected chi connectivity index (χ4v) is 3.05. The average Bonchev–Trinajstić information content (AvgIpc) is 2.41. The van der Waals surface area contributed by atoms with Gasteiger partial charge in [0.15, 0.2) is 0 Å². The highest BCUT2D eigenvalue weighted by molar-refractivity contribution is 7.92. The molecule has 0 amide bonds. The van der Waals surface area contributed by atoms with Crippen molar-refractivity contribution in [3.63, 3.8) is 0 Å². The van der Waals surface area contributed by atoms with Crippen molar-refractivity contribution in [3.05, 3.63) is 59.7 Å². The molecule has 2 rings (SSSR count). The van der Waals surface area contributed by atoms with Crippen LogP contribution < -0.4 is 4.72 Å². The van der Waals surface area contributed by atoms with E-state index in [0.29, 0.717) is 11.6 Å². The van der Waals surface area contributed by atoms with Gasteiger partial charge in [0.05, 0.1) is 10.6 Å². The minimum atomic E-state index is -3.53. The van der Waals surface area contributed by atoms with Crippen molar-refractivity contribution in [3.8, 4) is 0 Å². The molecule has 1 N–H and O–H groups in total. The van der Waals surface area contributed by atoms with E-state index in [-0.39, 0.29) is 4.90 Å². The summed E-state index contributed by atoms with van der Waals surface area (Å²) < 4.78 is 27.3. The molecule has 0 aliphatic rings. The Morgan fingerprint density at radius 1 is 0.950 bits per heavy atom. The molecule has 0 saturated carbocycles. The fourth-order valence-electron chi connectivity index (χ4n) is 1.92. The highest BCUT2D eigenvalue weighted by Gasteiger charge is 2.15. The molecule has 0 atom stereocenters. The number of nitrogens with one attached hydrogen (secondary N) is 1. The molecule has 0 aliphatic carbocycles. The molecule has 0 aliphatic heterocycles. The third kappa shape index (κ3) is 3.20. The first kappa shape index (κ1) is 14.6. The van der Waals surface area contributed by atoms with Crippen LogP contribution in [0.1, 0.15) is 30.9 Å². The summed E-state index contributed by atoms with van der Waals surface area (Å²) in [4.78, 5) is 0.283. The largest absolute Gasteiger partial charge is 0.279 e. The Morgan fingerprint density at radius 3 is 2.10 bits per heavy atom. The molecule has 4 heteroatoms. The second kappa shape index (κ2) is 5.67. The van der Waals surface area contributed by atoms with Gasteiger partial charge in [-0.3, -0.25) is 4.72 Å². The molecule has 2 aromatic carbocycles. The van der Waals surface area contributed by atoms with E-state index >= 15 is 0 Å². The molecule has 3 nitrogen and oxygen atoms in total. The molecule has 0 spiro atoms. The van der Waals surface area contributed by atoms with E-state index in [1.54, 1.807) is 18.2 Å². The number of para-hydroxylation sites is 1. The van der Waals surface area contributed by atoms with Crippen LogP contribution >= 0.6 is 0 Å². The predicted molar refractivity (Wildman–Crippen MR) is 82.5 cm³/mol. The molecule has 106 valence electrons. The number of hydrogen-bond acceptors (Lipinski definition) is 2. The third-order valence-corrected chi connectivity index (χ3v) is 4.63. The number of aryl methyl sites for hydroxylation is 1. The molecule has 0 aromatic heterocycles. The number of anilines is 1. The lowest BCUT2D eigenvalue weighted by Crippen LogP contribution is -2.13. The Kier molecular flexibility index (Phi) is 4.14. The van der Waals surface area contributed by atoms with E-state index in [0.717, 1.165) is 11.1 Å². The number of benzene rings is 2. The predicted octanol–water partition coefficient (Wildman–Crippen LogP) is 3.92. The van der Waals surface area contributed by atoms with Gasteiger partial charge in [-0.15, -0.1) is 0 Å². The van der Waals surface area contributed by atoms with Crippen LogP contribution in [0.5, 0.6) is 0 Å². The topological polar surface area (TPSA) is 46.2 Å². The van der Waals surface area contributed by atoms with Crippen molar-refractivity contribution in [2.75, 3.05) is 4.72 Å². The van der Waals surface area contributed by atoms with E-state index < -0.39 is 10.0 Å². The number of rotatable bonds is 4. The van der Waals surface area contributed by atoms with E-state index in [9.17, 15) is 8.42 Å². The molecule has 0 saturated heterocycles. The molecule has 20 heavy (non-hydrogen) atoms. The monoisotopic (exact) mass is 289 g/mol. The number of hydrogen-bond donors (Lipinski definition) is 1. The zero-order valence-corrected chi connectivity index (χ0v) is 12.7. The zero-order chi connectivity index (χ0) is 14.8. The van der Waals surface area contributed by atoms with Crippen LogP contribution in [0.2, 0.25) is 0 Å². The van der Waals surface area contributed by atoms with Crippen molar-refractivity contribution in [1.82, 2.24) is 0 Å². The lowest BCUT2D eigenvalue weighted by molar-refractivity contribution is 0.601. The standard InChI is InChI=1S/C16H19NO2S/c1-12(2)14-8-10-15(11-9-14)20(18,19)17-16-7-5-4-6-13(16)3/h4-12,17H,1-3H3. The summed E-state index contributed by atoms with van der Waals surface area (Å²) in [5.41, 5.74) is 2.63. The summed E-state index contributed by atoms with van der Waals surface area (Å²) in [7, 11) is -3.53. The first-order valence-electron chi connectivity index (χ1n) is 6.58. The highest BCUT2D eigenvalue weighted by Crippen LogP contribution is 2.21. The van der Waals surface area contributed by atoms with Crippen LogP contribution in [0.4, 0.5) is 5.69 Å². The smallest absolute Gasteiger partial charge is 0.261 e. The second-order valence-electron chi connectivity index (χ2n) is 5.14. The van der Waals surface area contributed by atoms with Crippen molar-refractivity contribution < 1.29 is 8.42 Å². The van der Waals surface area contributed by atoms with Gasteiger partial charge in [0, 0.05) is 0 Å². The van der Waals surface area contributed by atoms with E-state index in [2.05, 4.69) is 18.6 Å². The molecule has 2 aromatic rings. The van der Waals surface area contributed by atoms with Crippen LogP contribution in [-0.4, -0.2) is 8.42 Å². The van der Waals surface area contributed by atoms with Crippen molar-refractivity contribution >= 4 is 15.7 Å². The summed E-state index contributed by atoms with van der Waals surface area (Å²) in [6, 6.07) is 14.3. The van der Waals surface area contributed by atoms with Crippen molar-refractivity contribution in [2.45, 2.75) is 31.6 Å². The Hall–Kier alpha value is -1.81. The molecule has 0 radical (unpaired) electrons. The Labute approximate surface area is 120 Å². The summed E-state index contributed by atoms with van der Waals surface area (Å²) in [5.74, 6) is 0.385. The lowest BCUT2D eigenvalue weighted by Gasteiger charge is -2.11. The van der Waals surface area contributed by atoms with Crippen LogP contribution in [-0.2, 0) is 10.0 Å². The van der Waals surface area contributed by atoms with Crippen molar-refractivity contribution in [2.24, 2.45) is 0 Å². The summed E-state index contributed by atoms with van der Waals surface area (Å²) in [6.45, 7) is 6.03. The van der Waals surface area contributed by atoms with Gasteiger partial charge in [0.2, 0.25) is 0 Å². The number of sulfonamides is 1. The average molecular weight is 289 g/mol. The van der Waals surface area contributed by atoms with Crippen LogP contribution in [0.3, 0.4) is 0 Å². The Bertz CT molecular complexity index is 689. The molecule has 0 fully saturated rings. The molecular formula is C16H19NO2S. The zero-order valence-electron chi connectivity index (χ0n) is 11.9. The van der Waals surface area contributed by atoms with Gasteiger partial charge in [-0.25, -0.2) is 8.42 Å². The maximum Gasteiger partial charge on any atom is 0.261 e. The minimum Gasteiger partial charge on any atom is -0.279 e. The Balaban J connectivity index is 2.29. The lowest BCUT2D eigenvalue weighted by atomic mass is 10.0. The van der Waals surface area contributed by atoms with Gasteiger partial charge in [0.25, 0.3) is 10.0 Å². The van der Waals surface area contributed by atoms with Crippen LogP contribution in [0.25, 0.3) is 0 Å². The summed E-state index contributed by atoms with van der Waals surface area (Å²) >= 11 is 0. The van der Waals surface area contributed by atoms with E-state index in [1.165, 1.54) is 0 Å². The van der Waals surface area contributed by atoms with Gasteiger partial charge in [-0.1, -0.05) is 44.2 Å². The fraction of sp³-hybridized carbons (Fsp3) is 0.250. The van der Waals surface area contributed by atoms with Gasteiger partial charge < -0.3 is 0 Å². The minimum absolute atomic E-state index is 0.283. The molecule has 0 unspecified atom stereocenters. The maximum absolute atomic E-state index is 12.3. The second-order valence-corrected chi connectivity index (χ2v) is 6.83. The quantitative estimate of drug-likeness (QED) is 0.927. The first-order valence-corrected chi connectivity index (χ1v) is 8.07. The third-order valence-electron chi connectivity index (χ3n) is 3.25. The van der Waals surface area contributed by atoms with E-state index in [4.69, 9.17) is 0 Å². The molecular weight excluding hydrogens is 270 g/mol. The van der Waals surface area contributed by atoms with E-state index in [1.807, 2.05) is 37.3 Å². The maximum atomic E-state index is 12.3. The van der Waals surface area contributed by atoms with Crippen LogP contribution in [0, 0.1) is 6.92 Å². The summed E-state index contributed by atoms with van der Waals surface area (Å²) in [6.07, 6.45) is 0. The first-order chi connectivity index (χ1) is 9.40. The SMILES string of the molecule is Cc1ccccc1NS(=O)(=O)c1ccc(C(C)C)cc1. The Morgan fingerprint density at radius 2 is 1.55 bits per heavy atom. The van der Waals surface area contributed by atoms with Gasteiger partial charge >= 0.3 is 0 Å². The molecule has 0 bridgehead atoms. The van der Waals surface area contributed by atoms with Crippen LogP contribution in [0.15, 0.2) is 53.4 Å². The van der Waals surface area contributed by atoms with Crippen molar-refractivity contribution in [1.29, 1.82) is 0 Å². The highest BCUT2D eigenvalue weighted by atomic mass is 32.2.